The van der Waals surface area contributed by atoms with Crippen LogP contribution in [0.4, 0.5) is 17.6 Å². The number of carbonyl (C=O) groups is 2. The molecular weight excluding hydrogens is 618 g/mol. The Balaban J connectivity index is 1.63. The third-order valence-corrected chi connectivity index (χ3v) is 7.36. The van der Waals surface area contributed by atoms with Gasteiger partial charge in [0, 0.05) is 23.1 Å². The zero-order chi connectivity index (χ0) is 33.9. The van der Waals surface area contributed by atoms with Gasteiger partial charge in [0.1, 0.15) is 36.4 Å². The lowest BCUT2D eigenvalue weighted by molar-refractivity contribution is -0.265. The molecule has 1 aliphatic rings. The molecule has 2 aromatic carbocycles. The summed E-state index contributed by atoms with van der Waals surface area (Å²) in [4.78, 5) is 28.6. The van der Waals surface area contributed by atoms with Crippen LogP contribution >= 0.6 is 0 Å². The Morgan fingerprint density at radius 1 is 1.13 bits per heavy atom. The average Bonchev–Trinajstić information content (AvgIpc) is 3.38. The topological polar surface area (TPSA) is 148 Å². The summed E-state index contributed by atoms with van der Waals surface area (Å²) >= 11 is 0. The number of nitrogens with zero attached hydrogens (tertiary/aromatic N) is 1. The van der Waals surface area contributed by atoms with E-state index >= 15 is 0 Å². The van der Waals surface area contributed by atoms with Gasteiger partial charge >= 0.3 is 12.1 Å². The monoisotopic (exact) mass is 651 g/mol. The van der Waals surface area contributed by atoms with Gasteiger partial charge in [-0.3, -0.25) is 9.59 Å². The molecule has 1 aromatic heterocycles. The Morgan fingerprint density at radius 3 is 2.43 bits per heavy atom. The number of fused-ring (bicyclic) bond motifs is 1. The number of halogens is 4. The van der Waals surface area contributed by atoms with Gasteiger partial charge in [0.05, 0.1) is 19.3 Å². The molecule has 0 saturated carbocycles. The predicted octanol–water partition coefficient (Wildman–Crippen LogP) is 4.38. The Morgan fingerprint density at radius 2 is 1.83 bits per heavy atom. The van der Waals surface area contributed by atoms with Crippen LogP contribution in [0.5, 0.6) is 17.2 Å². The molecule has 0 aliphatic carbocycles. The first-order valence-electron chi connectivity index (χ1n) is 14.1. The van der Waals surface area contributed by atoms with E-state index in [2.05, 4.69) is 10.3 Å². The summed E-state index contributed by atoms with van der Waals surface area (Å²) < 4.78 is 79.2. The van der Waals surface area contributed by atoms with Crippen molar-refractivity contribution in [3.8, 4) is 28.5 Å². The number of nitrogens with one attached hydrogen (secondary N) is 2. The van der Waals surface area contributed by atoms with Crippen LogP contribution in [0.15, 0.2) is 48.5 Å². The number of methoxy groups -OCH3 is 1. The van der Waals surface area contributed by atoms with Crippen molar-refractivity contribution in [2.75, 3.05) is 26.9 Å². The Hall–Kier alpha value is -4.47. The summed E-state index contributed by atoms with van der Waals surface area (Å²) in [5.41, 5.74) is -3.99. The standard InChI is InChI=1S/C31H33F4N3O8/c1-5-25(39)46-17(2)14-44-22-11-8-19(12-23(22)43-4)28(40)36-15-30(41,31(33,34)35)24-13-21-27(45-16-29(21,3)38-42)26(37-24)18-6-9-20(32)10-7-18/h6-13,17,38,41-42H,5,14-16H2,1-4H3,(H,36,40)/t17-,29-,30?/m1/s1. The number of hydroxylamine groups is 1. The number of carbonyl (C=O) groups excluding carboxylic acids is 2. The molecule has 4 rings (SSSR count). The largest absolute Gasteiger partial charge is 0.493 e. The first-order valence-corrected chi connectivity index (χ1v) is 14.1. The van der Waals surface area contributed by atoms with E-state index in [-0.39, 0.29) is 59.3 Å². The van der Waals surface area contributed by atoms with Crippen molar-refractivity contribution in [1.29, 1.82) is 0 Å². The number of ether oxygens (including phenoxy) is 4. The summed E-state index contributed by atoms with van der Waals surface area (Å²) in [6, 6.07) is 9.52. The molecule has 0 fully saturated rings. The molecule has 1 amide bonds. The van der Waals surface area contributed by atoms with Crippen molar-refractivity contribution >= 4 is 11.9 Å². The lowest BCUT2D eigenvalue weighted by Gasteiger charge is -2.31. The maximum atomic E-state index is 14.6. The first-order chi connectivity index (χ1) is 21.7. The van der Waals surface area contributed by atoms with Crippen LogP contribution in [0.1, 0.15) is 48.8 Å². The fourth-order valence-electron chi connectivity index (χ4n) is 4.61. The number of hydrogen-bond donors (Lipinski definition) is 4. The molecule has 0 spiro atoms. The van der Waals surface area contributed by atoms with Crippen LogP contribution in [0.3, 0.4) is 0 Å². The molecule has 4 N–H and O–H groups in total. The number of rotatable bonds is 12. The number of amides is 1. The molecule has 0 radical (unpaired) electrons. The summed E-state index contributed by atoms with van der Waals surface area (Å²) in [5, 5.41) is 23.1. The molecule has 15 heteroatoms. The lowest BCUT2D eigenvalue weighted by Crippen LogP contribution is -2.51. The molecule has 0 bridgehead atoms. The minimum atomic E-state index is -5.35. The molecular formula is C31H33F4N3O8. The molecule has 3 aromatic rings. The zero-order valence-corrected chi connectivity index (χ0v) is 25.3. The number of esters is 1. The van der Waals surface area contributed by atoms with Crippen LogP contribution in [0, 0.1) is 5.82 Å². The van der Waals surface area contributed by atoms with Gasteiger partial charge in [0.25, 0.3) is 5.91 Å². The third kappa shape index (κ3) is 7.00. The van der Waals surface area contributed by atoms with Crippen molar-refractivity contribution in [2.24, 2.45) is 0 Å². The smallest absolute Gasteiger partial charge is 0.424 e. The number of pyridine rings is 1. The van der Waals surface area contributed by atoms with Crippen molar-refractivity contribution in [3.05, 3.63) is 71.2 Å². The van der Waals surface area contributed by atoms with Crippen LogP contribution in [-0.4, -0.2) is 66.3 Å². The molecule has 1 unspecified atom stereocenters. The van der Waals surface area contributed by atoms with E-state index in [0.717, 1.165) is 18.2 Å². The Bertz CT molecular complexity index is 1590. The average molecular weight is 652 g/mol. The van der Waals surface area contributed by atoms with Crippen LogP contribution < -0.4 is 25.0 Å². The van der Waals surface area contributed by atoms with E-state index in [9.17, 15) is 37.5 Å². The van der Waals surface area contributed by atoms with Gasteiger partial charge in [-0.1, -0.05) is 6.92 Å². The van der Waals surface area contributed by atoms with E-state index in [1.165, 1.54) is 44.4 Å². The molecule has 11 nitrogen and oxygen atoms in total. The summed E-state index contributed by atoms with van der Waals surface area (Å²) in [7, 11) is 1.30. The van der Waals surface area contributed by atoms with Gasteiger partial charge in [-0.2, -0.15) is 18.7 Å². The highest BCUT2D eigenvalue weighted by Gasteiger charge is 2.57. The van der Waals surface area contributed by atoms with Crippen molar-refractivity contribution < 1.29 is 56.4 Å². The maximum Gasteiger partial charge on any atom is 0.424 e. The van der Waals surface area contributed by atoms with Gasteiger partial charge in [0.15, 0.2) is 17.2 Å². The van der Waals surface area contributed by atoms with Crippen LogP contribution in [-0.2, 0) is 20.7 Å². The van der Waals surface area contributed by atoms with Crippen molar-refractivity contribution in [3.63, 3.8) is 0 Å². The van der Waals surface area contributed by atoms with Gasteiger partial charge in [-0.05, 0) is 62.4 Å². The van der Waals surface area contributed by atoms with E-state index < -0.39 is 53.4 Å². The molecule has 3 atom stereocenters. The van der Waals surface area contributed by atoms with E-state index in [1.54, 1.807) is 13.8 Å². The number of hydrogen-bond acceptors (Lipinski definition) is 10. The fraction of sp³-hybridized carbons (Fsp3) is 0.387. The van der Waals surface area contributed by atoms with Crippen molar-refractivity contribution in [2.45, 2.75) is 50.6 Å². The first kappa shape index (κ1) is 34.4. The second-order valence-corrected chi connectivity index (χ2v) is 10.8. The SMILES string of the molecule is CCC(=O)O[C@H](C)COc1ccc(C(=O)NCC(O)(c2cc3c(c(-c4ccc(F)cc4)n2)OC[C@@]3(C)NO)C(F)(F)F)cc1OC. The highest BCUT2D eigenvalue weighted by Crippen LogP contribution is 2.47. The predicted molar refractivity (Wildman–Crippen MR) is 154 cm³/mol. The zero-order valence-electron chi connectivity index (χ0n) is 25.3. The summed E-state index contributed by atoms with van der Waals surface area (Å²) in [6.45, 7) is 3.15. The highest BCUT2D eigenvalue weighted by molar-refractivity contribution is 5.95. The number of aromatic nitrogens is 1. The van der Waals surface area contributed by atoms with E-state index in [4.69, 9.17) is 18.9 Å². The number of aliphatic hydroxyl groups is 1. The van der Waals surface area contributed by atoms with E-state index in [1.807, 2.05) is 5.48 Å². The molecule has 1 aliphatic heterocycles. The highest BCUT2D eigenvalue weighted by atomic mass is 19.4. The lowest BCUT2D eigenvalue weighted by atomic mass is 9.89. The second kappa shape index (κ2) is 13.5. The van der Waals surface area contributed by atoms with Gasteiger partial charge < -0.3 is 34.6 Å². The van der Waals surface area contributed by atoms with Gasteiger partial charge in [-0.15, -0.1) is 0 Å². The van der Waals surface area contributed by atoms with E-state index in [0.29, 0.717) is 0 Å². The Kier molecular flexibility index (Phi) is 10.1. The van der Waals surface area contributed by atoms with Crippen LogP contribution in [0.25, 0.3) is 11.3 Å². The quantitative estimate of drug-likeness (QED) is 0.126. The molecule has 46 heavy (non-hydrogen) atoms. The Labute approximate surface area is 261 Å². The molecule has 2 heterocycles. The molecule has 248 valence electrons. The second-order valence-electron chi connectivity index (χ2n) is 10.8. The number of alkyl halides is 3. The number of benzene rings is 2. The van der Waals surface area contributed by atoms with Crippen LogP contribution in [0.2, 0.25) is 0 Å². The fourth-order valence-corrected chi connectivity index (χ4v) is 4.61. The minimum absolute atomic E-state index is 0.0280. The van der Waals surface area contributed by atoms with Gasteiger partial charge in [0.2, 0.25) is 5.60 Å². The maximum absolute atomic E-state index is 14.6. The molecule has 0 saturated heterocycles. The van der Waals surface area contributed by atoms with Gasteiger partial charge in [-0.25, -0.2) is 9.37 Å². The summed E-state index contributed by atoms with van der Waals surface area (Å²) in [5.74, 6) is -1.71. The minimum Gasteiger partial charge on any atom is -0.493 e. The normalized spacial score (nSPS) is 17.7. The summed E-state index contributed by atoms with van der Waals surface area (Å²) in [6.07, 6.45) is -5.75. The van der Waals surface area contributed by atoms with Crippen molar-refractivity contribution in [1.82, 2.24) is 15.8 Å². The third-order valence-electron chi connectivity index (χ3n) is 7.36.